The fourth-order valence-corrected chi connectivity index (χ4v) is 13.5. The summed E-state index contributed by atoms with van der Waals surface area (Å²) in [7, 11) is 9.59. The lowest BCUT2D eigenvalue weighted by atomic mass is 9.90. The molecular formula is C78H86ClF3N12O10. The molecular weight excluding hydrogens is 1360 g/mol. The molecule has 10 rings (SSSR count). The number of primary amides is 1. The fraction of sp³-hybridized carbons (Fsp3) is 0.333. The second-order valence-corrected chi connectivity index (χ2v) is 27.7. The van der Waals surface area contributed by atoms with Crippen molar-refractivity contribution in [3.63, 3.8) is 0 Å². The molecule has 1 aliphatic heterocycles. The van der Waals surface area contributed by atoms with Crippen LogP contribution < -0.4 is 37.4 Å². The quantitative estimate of drug-likeness (QED) is 0.0243. The number of nitriles is 1. The molecule has 26 heteroatoms. The van der Waals surface area contributed by atoms with Gasteiger partial charge in [-0.15, -0.1) is 0 Å². The Morgan fingerprint density at radius 3 is 2.05 bits per heavy atom. The van der Waals surface area contributed by atoms with Gasteiger partial charge in [-0.2, -0.15) is 18.4 Å². The number of carbonyl (C=O) groups is 7. The van der Waals surface area contributed by atoms with E-state index in [1.807, 2.05) is 98.8 Å². The number of nitrogens with two attached hydrogens (primary N) is 2. The lowest BCUT2D eigenvalue weighted by Crippen LogP contribution is -2.51. The second kappa shape index (κ2) is 33.0. The van der Waals surface area contributed by atoms with Gasteiger partial charge in [0.1, 0.15) is 42.7 Å². The minimum atomic E-state index is -5.19. The molecule has 6 aromatic carbocycles. The maximum absolute atomic E-state index is 15.6. The minimum absolute atomic E-state index is 0.0301. The molecule has 0 saturated heterocycles. The van der Waals surface area contributed by atoms with Crippen molar-refractivity contribution in [3.8, 4) is 34.2 Å². The molecule has 0 bridgehead atoms. The number of halogens is 4. The van der Waals surface area contributed by atoms with Crippen LogP contribution in [-0.2, 0) is 59.3 Å². The topological polar surface area (TPSA) is 304 Å². The number of alkyl halides is 3. The van der Waals surface area contributed by atoms with E-state index in [0.717, 1.165) is 45.4 Å². The van der Waals surface area contributed by atoms with Crippen LogP contribution in [0.5, 0.6) is 5.75 Å². The smallest absolute Gasteiger partial charge is 0.430 e. The molecule has 8 aromatic rings. The predicted octanol–water partition coefficient (Wildman–Crippen LogP) is 11.0. The molecule has 0 saturated carbocycles. The molecule has 1 aliphatic carbocycles. The number of rotatable bonds is 24. The number of hydrogen-bond donors (Lipinski definition) is 6. The number of carboxylic acid groups (broad SMARTS) is 1. The molecule has 0 unspecified atom stereocenters. The Morgan fingerprint density at radius 2 is 1.43 bits per heavy atom. The second-order valence-electron chi connectivity index (χ2n) is 27.3. The third kappa shape index (κ3) is 18.1. The molecule has 8 N–H and O–H groups in total. The fourth-order valence-electron chi connectivity index (χ4n) is 13.3. The maximum Gasteiger partial charge on any atom is 0.430 e. The van der Waals surface area contributed by atoms with Gasteiger partial charge < -0.3 is 70.6 Å². The first-order valence-corrected chi connectivity index (χ1v) is 34.4. The normalized spacial score (nSPS) is 13.8. The van der Waals surface area contributed by atoms with Crippen LogP contribution in [-0.4, -0.2) is 135 Å². The number of hydrogen-bond acceptors (Lipinski definition) is 12. The Bertz CT molecular complexity index is 4540. The van der Waals surface area contributed by atoms with Crippen LogP contribution in [0.3, 0.4) is 0 Å². The number of phenolic OH excluding ortho intramolecular Hbond substituents is 1. The molecule has 0 spiro atoms. The van der Waals surface area contributed by atoms with E-state index in [2.05, 4.69) is 72.5 Å². The number of aromatic hydroxyl groups is 1. The highest BCUT2D eigenvalue weighted by Crippen LogP contribution is 2.45. The largest absolute Gasteiger partial charge is 0.542 e. The van der Waals surface area contributed by atoms with Crippen LogP contribution in [0.25, 0.3) is 22.4 Å². The van der Waals surface area contributed by atoms with Gasteiger partial charge in [0.05, 0.1) is 37.9 Å². The van der Waals surface area contributed by atoms with Crippen LogP contribution in [0.1, 0.15) is 117 Å². The number of ether oxygens (including phenoxy) is 1. The van der Waals surface area contributed by atoms with E-state index >= 15 is 9.59 Å². The number of anilines is 3. The number of nitrogens with one attached hydrogen (secondary N) is 3. The van der Waals surface area contributed by atoms with Gasteiger partial charge in [-0.3, -0.25) is 24.1 Å². The van der Waals surface area contributed by atoms with Gasteiger partial charge in [0.25, 0.3) is 11.8 Å². The number of quaternary nitrogens is 1. The Balaban J connectivity index is 0.00000170. The number of urea groups is 1. The van der Waals surface area contributed by atoms with Crippen molar-refractivity contribution in [1.29, 1.82) is 5.26 Å². The first kappa shape index (κ1) is 77.2. The average Bonchev–Trinajstić information content (AvgIpc) is 1.58. The van der Waals surface area contributed by atoms with Gasteiger partial charge >= 0.3 is 18.3 Å². The van der Waals surface area contributed by atoms with Crippen LogP contribution >= 0.6 is 11.6 Å². The maximum atomic E-state index is 15.6. The predicted molar refractivity (Wildman–Crippen MR) is 388 cm³/mol. The van der Waals surface area contributed by atoms with Crippen LogP contribution in [0, 0.1) is 31.1 Å². The van der Waals surface area contributed by atoms with E-state index in [9.17, 15) is 42.7 Å². The van der Waals surface area contributed by atoms with Crippen LogP contribution in [0.15, 0.2) is 146 Å². The van der Waals surface area contributed by atoms with E-state index in [1.165, 1.54) is 27.5 Å². The van der Waals surface area contributed by atoms with E-state index in [4.69, 9.17) is 37.7 Å². The minimum Gasteiger partial charge on any atom is -0.542 e. The standard InChI is InChI=1S/C76H85ClN12O8.C2HF3O2/c1-46(2)70(79)72(92)83-67(25-16-34-81-75(80)95)71(91)82-54-28-26-51(52(36-54)42-84(5)76(96)97-45-66-61-23-14-12-21-59(61)60-22-13-15-24-62(60)66)44-89(8,9)35-17-20-56-37-49-18-10-11-19-50(49)43-87(56)73(93)63-33-27-53(77)38-65(63)69-40-64(47(3)86(69)7)74(94)88(55-29-31-58(90)32-30-55)68-39-57(41-78)85(6)48(68)4;3-2(4,5)1(6)7/h10-15,18-19,21-24,26-33,36,38-40,46,56,66-67,70H,16-17,20,25,34-35,37,42-45,79H2,1-9H3,(H5-,80,81,82,83,90,91,92,95);(H,6,7)/t56-,67-,70-;/m1./s1. The third-order valence-corrected chi connectivity index (χ3v) is 19.6. The SMILES string of the molecule is Cc1c(N(C(=O)c2cc(-c3cc(Cl)ccc3C(=O)N3Cc4ccccc4C[C@H]3CCC[N+](C)(C)Cc3ccc(NC(=O)[C@@H](CCCNC(N)=O)NC(=O)[C@H](N)C(C)C)cc3CN(C)C(=O)OCC3c4ccccc4-c4ccccc43)n(C)c2C)c2ccc(O)cc2)cc(C#N)n1C.O=C([O-])C(F)(F)F. The van der Waals surface area contributed by atoms with Crippen molar-refractivity contribution in [3.05, 3.63) is 212 Å². The number of aliphatic carboxylic acids is 1. The van der Waals surface area contributed by atoms with Crippen molar-refractivity contribution in [1.82, 2.24) is 29.6 Å². The number of fused-ring (bicyclic) bond motifs is 4. The lowest BCUT2D eigenvalue weighted by molar-refractivity contribution is -0.903. The molecule has 7 amide bonds. The summed E-state index contributed by atoms with van der Waals surface area (Å²) in [6.07, 6.45) is -3.20. The Labute approximate surface area is 607 Å². The molecule has 0 radical (unpaired) electrons. The van der Waals surface area contributed by atoms with E-state index < -0.39 is 48.2 Å². The van der Waals surface area contributed by atoms with Crippen molar-refractivity contribution in [2.24, 2.45) is 31.5 Å². The number of amides is 7. The molecule has 104 heavy (non-hydrogen) atoms. The molecule has 3 heterocycles. The highest BCUT2D eigenvalue weighted by Gasteiger charge is 2.36. The van der Waals surface area contributed by atoms with Crippen molar-refractivity contribution in [2.45, 2.75) is 110 Å². The van der Waals surface area contributed by atoms with Gasteiger partial charge in [0.2, 0.25) is 11.8 Å². The number of aromatic nitrogens is 2. The number of carboxylic acids is 1. The van der Waals surface area contributed by atoms with Crippen LogP contribution in [0.2, 0.25) is 5.02 Å². The molecule has 0 fully saturated rings. The number of nitrogens with zero attached hydrogens (tertiary/aromatic N) is 7. The zero-order valence-electron chi connectivity index (χ0n) is 59.4. The number of carbonyl (C=O) groups excluding carboxylic acids is 7. The summed E-state index contributed by atoms with van der Waals surface area (Å²) in [5.41, 5.74) is 24.9. The van der Waals surface area contributed by atoms with E-state index in [0.29, 0.717) is 105 Å². The molecule has 2 aromatic heterocycles. The van der Waals surface area contributed by atoms with Gasteiger partial charge in [-0.05, 0) is 158 Å². The lowest BCUT2D eigenvalue weighted by Gasteiger charge is -2.38. The van der Waals surface area contributed by atoms with E-state index in [-0.39, 0.29) is 61.6 Å². The first-order chi connectivity index (χ1) is 49.3. The Hall–Kier alpha value is -10.9. The average molecular weight is 1440 g/mol. The zero-order valence-corrected chi connectivity index (χ0v) is 60.2. The molecule has 546 valence electrons. The van der Waals surface area contributed by atoms with E-state index in [1.54, 1.807) is 61.1 Å². The van der Waals surface area contributed by atoms with Crippen molar-refractivity contribution < 1.29 is 66.2 Å². The zero-order chi connectivity index (χ0) is 75.6. The summed E-state index contributed by atoms with van der Waals surface area (Å²) in [6.45, 7) is 9.34. The number of benzene rings is 6. The number of phenols is 1. The summed E-state index contributed by atoms with van der Waals surface area (Å²) >= 11 is 6.83. The first-order valence-electron chi connectivity index (χ1n) is 34.0. The summed E-state index contributed by atoms with van der Waals surface area (Å²) in [5.74, 6) is -4.87. The van der Waals surface area contributed by atoms with Gasteiger partial charge in [0, 0.05) is 103 Å². The molecule has 3 atom stereocenters. The van der Waals surface area contributed by atoms with Crippen molar-refractivity contribution >= 4 is 70.4 Å². The Morgan fingerprint density at radius 1 is 0.798 bits per heavy atom. The van der Waals surface area contributed by atoms with Gasteiger partial charge in [-0.25, -0.2) is 9.59 Å². The van der Waals surface area contributed by atoms with Crippen LogP contribution in [0.4, 0.5) is 39.8 Å². The molecule has 2 aliphatic rings. The summed E-state index contributed by atoms with van der Waals surface area (Å²) in [4.78, 5) is 97.8. The van der Waals surface area contributed by atoms with Gasteiger partial charge in [-0.1, -0.05) is 104 Å². The summed E-state index contributed by atoms with van der Waals surface area (Å²) in [5, 5.41) is 37.8. The van der Waals surface area contributed by atoms with Crippen molar-refractivity contribution in [2.75, 3.05) is 51.1 Å². The monoisotopic (exact) mass is 1440 g/mol. The summed E-state index contributed by atoms with van der Waals surface area (Å²) < 4.78 is 41.8. The highest BCUT2D eigenvalue weighted by molar-refractivity contribution is 6.31. The highest BCUT2D eigenvalue weighted by atomic mass is 35.5. The third-order valence-electron chi connectivity index (χ3n) is 19.3. The Kier molecular flexibility index (Phi) is 24.5. The van der Waals surface area contributed by atoms with Gasteiger partial charge in [0.15, 0.2) is 0 Å². The molecule has 22 nitrogen and oxygen atoms in total. The summed E-state index contributed by atoms with van der Waals surface area (Å²) in [6, 6.07) is 44.6.